The zero-order chi connectivity index (χ0) is 18.1. The first-order chi connectivity index (χ1) is 12.5. The number of fused-ring (bicyclic) bond motifs is 1. The minimum absolute atomic E-state index is 0.0642. The van der Waals surface area contributed by atoms with Crippen molar-refractivity contribution in [2.45, 2.75) is 26.3 Å². The van der Waals surface area contributed by atoms with Gasteiger partial charge in [0.15, 0.2) is 5.01 Å². The van der Waals surface area contributed by atoms with Crippen molar-refractivity contribution in [2.24, 2.45) is 0 Å². The predicted octanol–water partition coefficient (Wildman–Crippen LogP) is 5.13. The fraction of sp³-hybridized carbons (Fsp3) is 0.200. The maximum Gasteiger partial charge on any atom is 0.167 e. The van der Waals surface area contributed by atoms with Crippen molar-refractivity contribution < 1.29 is 0 Å². The maximum absolute atomic E-state index is 4.84. The Hall–Kier alpha value is -2.62. The van der Waals surface area contributed by atoms with Crippen LogP contribution in [0.15, 0.2) is 48.1 Å². The van der Waals surface area contributed by atoms with Crippen LogP contribution in [0.1, 0.15) is 30.7 Å². The second kappa shape index (κ2) is 6.60. The van der Waals surface area contributed by atoms with Crippen molar-refractivity contribution in [3.8, 4) is 22.4 Å². The quantitative estimate of drug-likeness (QED) is 0.492. The largest absolute Gasteiger partial charge is 0.365 e. The highest BCUT2D eigenvalue weighted by molar-refractivity contribution is 7.16. The van der Waals surface area contributed by atoms with Crippen LogP contribution in [-0.2, 0) is 0 Å². The zero-order valence-corrected chi connectivity index (χ0v) is 16.4. The SMILES string of the molecule is CC(C)(C)Nc1c(-c2ccc(C#Cc3nccs3)s2)nc2ccccn12. The van der Waals surface area contributed by atoms with Crippen LogP contribution in [0.3, 0.4) is 0 Å². The molecule has 0 aliphatic heterocycles. The minimum Gasteiger partial charge on any atom is -0.365 e. The van der Waals surface area contributed by atoms with Gasteiger partial charge in [0.05, 0.1) is 9.75 Å². The molecule has 4 nitrogen and oxygen atoms in total. The Bertz CT molecular complexity index is 1100. The van der Waals surface area contributed by atoms with E-state index >= 15 is 0 Å². The fourth-order valence-electron chi connectivity index (χ4n) is 2.57. The maximum atomic E-state index is 4.84. The van der Waals surface area contributed by atoms with Crippen LogP contribution in [0, 0.1) is 11.8 Å². The molecule has 4 aromatic rings. The van der Waals surface area contributed by atoms with Gasteiger partial charge in [-0.25, -0.2) is 9.97 Å². The van der Waals surface area contributed by atoms with Crippen molar-refractivity contribution in [2.75, 3.05) is 5.32 Å². The van der Waals surface area contributed by atoms with Gasteiger partial charge in [-0.2, -0.15) is 0 Å². The summed E-state index contributed by atoms with van der Waals surface area (Å²) in [6.45, 7) is 6.45. The molecule has 0 unspecified atom stereocenters. The zero-order valence-electron chi connectivity index (χ0n) is 14.8. The van der Waals surface area contributed by atoms with Crippen LogP contribution in [0.5, 0.6) is 0 Å². The number of thiophene rings is 1. The van der Waals surface area contributed by atoms with E-state index in [0.29, 0.717) is 0 Å². The molecule has 4 heterocycles. The lowest BCUT2D eigenvalue weighted by Gasteiger charge is -2.22. The summed E-state index contributed by atoms with van der Waals surface area (Å²) in [5.74, 6) is 7.32. The van der Waals surface area contributed by atoms with Crippen molar-refractivity contribution in [1.82, 2.24) is 14.4 Å². The topological polar surface area (TPSA) is 42.2 Å². The molecule has 26 heavy (non-hydrogen) atoms. The van der Waals surface area contributed by atoms with E-state index in [4.69, 9.17) is 4.98 Å². The summed E-state index contributed by atoms with van der Waals surface area (Å²) in [7, 11) is 0. The molecule has 1 N–H and O–H groups in total. The van der Waals surface area contributed by atoms with Gasteiger partial charge in [0.2, 0.25) is 0 Å². The van der Waals surface area contributed by atoms with Crippen LogP contribution in [0.4, 0.5) is 5.82 Å². The molecular weight excluding hydrogens is 360 g/mol. The summed E-state index contributed by atoms with van der Waals surface area (Å²) >= 11 is 3.20. The van der Waals surface area contributed by atoms with E-state index in [1.54, 1.807) is 28.9 Å². The average molecular weight is 379 g/mol. The van der Waals surface area contributed by atoms with Gasteiger partial charge in [0, 0.05) is 23.3 Å². The van der Waals surface area contributed by atoms with E-state index in [-0.39, 0.29) is 5.54 Å². The van der Waals surface area contributed by atoms with Gasteiger partial charge in [-0.15, -0.1) is 22.7 Å². The van der Waals surface area contributed by atoms with Crippen molar-refractivity contribution in [1.29, 1.82) is 0 Å². The van der Waals surface area contributed by atoms with Crippen LogP contribution in [0.25, 0.3) is 16.2 Å². The Kier molecular flexibility index (Phi) is 4.27. The molecule has 0 saturated carbocycles. The monoisotopic (exact) mass is 378 g/mol. The number of pyridine rings is 1. The first-order valence-electron chi connectivity index (χ1n) is 8.27. The van der Waals surface area contributed by atoms with Gasteiger partial charge in [0.1, 0.15) is 17.2 Å². The Balaban J connectivity index is 1.76. The summed E-state index contributed by atoms with van der Waals surface area (Å²) in [4.78, 5) is 11.2. The van der Waals surface area contributed by atoms with Gasteiger partial charge in [-0.3, -0.25) is 4.40 Å². The number of rotatable bonds is 2. The predicted molar refractivity (Wildman–Crippen MR) is 110 cm³/mol. The molecule has 0 aliphatic carbocycles. The number of thiazole rings is 1. The lowest BCUT2D eigenvalue weighted by molar-refractivity contribution is 0.630. The van der Waals surface area contributed by atoms with Crippen LogP contribution in [-0.4, -0.2) is 19.9 Å². The molecule has 4 rings (SSSR count). The van der Waals surface area contributed by atoms with E-state index in [1.807, 2.05) is 35.8 Å². The first-order valence-corrected chi connectivity index (χ1v) is 9.96. The number of nitrogens with one attached hydrogen (secondary N) is 1. The van der Waals surface area contributed by atoms with Crippen molar-refractivity contribution >= 4 is 34.1 Å². The van der Waals surface area contributed by atoms with E-state index in [0.717, 1.165) is 31.9 Å². The Morgan fingerprint density at radius 1 is 1.12 bits per heavy atom. The third-order valence-corrected chi connectivity index (χ3v) is 5.28. The first kappa shape index (κ1) is 16.8. The van der Waals surface area contributed by atoms with Crippen molar-refractivity contribution in [3.63, 3.8) is 0 Å². The van der Waals surface area contributed by atoms with Crippen LogP contribution >= 0.6 is 22.7 Å². The highest BCUT2D eigenvalue weighted by atomic mass is 32.1. The number of aromatic nitrogens is 3. The number of anilines is 1. The average Bonchev–Trinajstić information content (AvgIpc) is 3.32. The van der Waals surface area contributed by atoms with E-state index in [1.165, 1.54) is 0 Å². The molecule has 0 spiro atoms. The number of hydrogen-bond acceptors (Lipinski definition) is 5. The highest BCUT2D eigenvalue weighted by Gasteiger charge is 2.20. The Labute approximate surface area is 160 Å². The fourth-order valence-corrected chi connectivity index (χ4v) is 3.91. The normalized spacial score (nSPS) is 11.3. The molecule has 0 bridgehead atoms. The van der Waals surface area contributed by atoms with Crippen LogP contribution in [0.2, 0.25) is 0 Å². The highest BCUT2D eigenvalue weighted by Crippen LogP contribution is 2.35. The lowest BCUT2D eigenvalue weighted by atomic mass is 10.1. The summed E-state index contributed by atoms with van der Waals surface area (Å²) < 4.78 is 2.10. The van der Waals surface area contributed by atoms with E-state index < -0.39 is 0 Å². The second-order valence-electron chi connectivity index (χ2n) is 6.86. The number of hydrogen-bond donors (Lipinski definition) is 1. The van der Waals surface area contributed by atoms with Gasteiger partial charge in [-0.1, -0.05) is 6.07 Å². The van der Waals surface area contributed by atoms with Gasteiger partial charge >= 0.3 is 0 Å². The standard InChI is InChI=1S/C20H18N4S2/c1-20(2,3)23-19-18(22-16-6-4-5-12-24(16)19)15-9-7-14(26-15)8-10-17-21-11-13-25-17/h4-7,9,11-13,23H,1-3H3. The van der Waals surface area contributed by atoms with E-state index in [2.05, 4.69) is 53.4 Å². The Morgan fingerprint density at radius 3 is 2.77 bits per heavy atom. The molecular formula is C20H18N4S2. The molecule has 0 aromatic carbocycles. The number of imidazole rings is 1. The lowest BCUT2D eigenvalue weighted by Crippen LogP contribution is -2.27. The summed E-state index contributed by atoms with van der Waals surface area (Å²) in [6.07, 6.45) is 3.81. The van der Waals surface area contributed by atoms with Gasteiger partial charge in [0.25, 0.3) is 0 Å². The molecule has 0 saturated heterocycles. The van der Waals surface area contributed by atoms with Crippen LogP contribution < -0.4 is 5.32 Å². The summed E-state index contributed by atoms with van der Waals surface area (Å²) in [5.41, 5.74) is 1.82. The van der Waals surface area contributed by atoms with Gasteiger partial charge < -0.3 is 5.32 Å². The molecule has 0 aliphatic rings. The second-order valence-corrected chi connectivity index (χ2v) is 8.84. The molecule has 6 heteroatoms. The third-order valence-electron chi connectivity index (χ3n) is 3.59. The summed E-state index contributed by atoms with van der Waals surface area (Å²) in [6, 6.07) is 10.2. The number of nitrogens with zero attached hydrogens (tertiary/aromatic N) is 3. The minimum atomic E-state index is -0.0642. The van der Waals surface area contributed by atoms with Crippen molar-refractivity contribution in [3.05, 3.63) is 58.0 Å². The van der Waals surface area contributed by atoms with E-state index in [9.17, 15) is 0 Å². The summed E-state index contributed by atoms with van der Waals surface area (Å²) in [5, 5.41) is 6.37. The molecule has 0 amide bonds. The van der Waals surface area contributed by atoms with Gasteiger partial charge in [-0.05, 0) is 56.9 Å². The molecule has 4 aromatic heterocycles. The molecule has 0 radical (unpaired) electrons. The molecule has 130 valence electrons. The molecule has 0 fully saturated rings. The Morgan fingerprint density at radius 2 is 2.00 bits per heavy atom. The third kappa shape index (κ3) is 3.50. The smallest absolute Gasteiger partial charge is 0.167 e. The molecule has 0 atom stereocenters.